The standard InChI is InChI=1S/C20H22FNO3S/c21-15-5-3-6-16(13-15)25-12-10-22-20(23)18-8-1-2-9-19(18)26-14-17-7-4-11-24-17/h1-3,5-6,8-9,13,17H,4,7,10-12,14H2,(H,22,23). The Hall–Kier alpha value is -2.05. The van der Waals surface area contributed by atoms with Gasteiger partial charge in [0.2, 0.25) is 0 Å². The zero-order chi connectivity index (χ0) is 18.2. The van der Waals surface area contributed by atoms with Crippen molar-refractivity contribution in [2.24, 2.45) is 0 Å². The van der Waals surface area contributed by atoms with Crippen molar-refractivity contribution < 1.29 is 18.7 Å². The summed E-state index contributed by atoms with van der Waals surface area (Å²) in [6.07, 6.45) is 2.47. The van der Waals surface area contributed by atoms with Gasteiger partial charge in [-0.2, -0.15) is 0 Å². The molecule has 1 N–H and O–H groups in total. The number of halogens is 1. The van der Waals surface area contributed by atoms with Crippen LogP contribution in [0.15, 0.2) is 53.4 Å². The Bertz CT molecular complexity index is 735. The topological polar surface area (TPSA) is 47.6 Å². The summed E-state index contributed by atoms with van der Waals surface area (Å²) in [6, 6.07) is 13.5. The number of nitrogens with one attached hydrogen (secondary N) is 1. The minimum Gasteiger partial charge on any atom is -0.492 e. The van der Waals surface area contributed by atoms with Crippen LogP contribution in [0.5, 0.6) is 5.75 Å². The summed E-state index contributed by atoms with van der Waals surface area (Å²) >= 11 is 1.65. The molecule has 1 aliphatic rings. The van der Waals surface area contributed by atoms with Crippen molar-refractivity contribution in [2.75, 3.05) is 25.5 Å². The fourth-order valence-corrected chi connectivity index (χ4v) is 3.84. The van der Waals surface area contributed by atoms with Gasteiger partial charge in [-0.15, -0.1) is 11.8 Å². The van der Waals surface area contributed by atoms with E-state index >= 15 is 0 Å². The number of hydrogen-bond acceptors (Lipinski definition) is 4. The lowest BCUT2D eigenvalue weighted by Crippen LogP contribution is -2.28. The fourth-order valence-electron chi connectivity index (χ4n) is 2.72. The molecule has 138 valence electrons. The zero-order valence-corrected chi connectivity index (χ0v) is 15.3. The van der Waals surface area contributed by atoms with Crippen LogP contribution in [-0.2, 0) is 4.74 Å². The van der Waals surface area contributed by atoms with Crippen LogP contribution in [0.4, 0.5) is 4.39 Å². The van der Waals surface area contributed by atoms with Gasteiger partial charge in [-0.05, 0) is 37.1 Å². The normalized spacial score (nSPS) is 16.4. The molecule has 1 saturated heterocycles. The molecule has 3 rings (SSSR count). The first-order valence-corrected chi connectivity index (χ1v) is 9.71. The maximum Gasteiger partial charge on any atom is 0.252 e. The highest BCUT2D eigenvalue weighted by Crippen LogP contribution is 2.26. The molecule has 1 unspecified atom stereocenters. The van der Waals surface area contributed by atoms with Crippen LogP contribution in [0.1, 0.15) is 23.2 Å². The Morgan fingerprint density at radius 3 is 2.96 bits per heavy atom. The van der Waals surface area contributed by atoms with Crippen molar-refractivity contribution in [3.8, 4) is 5.75 Å². The number of carbonyl (C=O) groups excluding carboxylic acids is 1. The molecule has 0 bridgehead atoms. The lowest BCUT2D eigenvalue weighted by molar-refractivity contribution is 0.0944. The molecular formula is C20H22FNO3S. The molecule has 0 aromatic heterocycles. The smallest absolute Gasteiger partial charge is 0.252 e. The van der Waals surface area contributed by atoms with Crippen molar-refractivity contribution in [3.05, 3.63) is 59.9 Å². The van der Waals surface area contributed by atoms with E-state index in [9.17, 15) is 9.18 Å². The molecule has 1 fully saturated rings. The van der Waals surface area contributed by atoms with E-state index in [-0.39, 0.29) is 24.4 Å². The van der Waals surface area contributed by atoms with Crippen molar-refractivity contribution in [1.82, 2.24) is 5.32 Å². The van der Waals surface area contributed by atoms with E-state index in [1.54, 1.807) is 23.9 Å². The first-order chi connectivity index (χ1) is 12.7. The Balaban J connectivity index is 1.47. The molecule has 0 aliphatic carbocycles. The number of thioether (sulfide) groups is 1. The second-order valence-corrected chi connectivity index (χ2v) is 7.07. The van der Waals surface area contributed by atoms with E-state index < -0.39 is 0 Å². The molecule has 2 aromatic carbocycles. The summed E-state index contributed by atoms with van der Waals surface area (Å²) in [6.45, 7) is 1.46. The fraction of sp³-hybridized carbons (Fsp3) is 0.350. The molecule has 1 aliphatic heterocycles. The molecule has 0 saturated carbocycles. The third-order valence-corrected chi connectivity index (χ3v) is 5.24. The van der Waals surface area contributed by atoms with Crippen LogP contribution in [0, 0.1) is 5.82 Å². The maximum atomic E-state index is 13.1. The van der Waals surface area contributed by atoms with Gasteiger partial charge >= 0.3 is 0 Å². The summed E-state index contributed by atoms with van der Waals surface area (Å²) in [5, 5.41) is 2.85. The molecule has 6 heteroatoms. The number of rotatable bonds is 8. The SMILES string of the molecule is O=C(NCCOc1cccc(F)c1)c1ccccc1SCC1CCCO1. The minimum atomic E-state index is -0.344. The van der Waals surface area contributed by atoms with Crippen LogP contribution in [0.3, 0.4) is 0 Å². The molecule has 0 radical (unpaired) electrons. The third-order valence-electron chi connectivity index (χ3n) is 4.03. The summed E-state index contributed by atoms with van der Waals surface area (Å²) in [4.78, 5) is 13.4. The second kappa shape index (κ2) is 9.59. The second-order valence-electron chi connectivity index (χ2n) is 6.00. The predicted octanol–water partition coefficient (Wildman–Crippen LogP) is 3.91. The van der Waals surface area contributed by atoms with Gasteiger partial charge in [-0.25, -0.2) is 4.39 Å². The highest BCUT2D eigenvalue weighted by molar-refractivity contribution is 7.99. The van der Waals surface area contributed by atoms with E-state index in [2.05, 4.69) is 5.32 Å². The van der Waals surface area contributed by atoms with Crippen LogP contribution in [0.2, 0.25) is 0 Å². The van der Waals surface area contributed by atoms with E-state index in [0.717, 1.165) is 30.1 Å². The number of carbonyl (C=O) groups is 1. The van der Waals surface area contributed by atoms with E-state index in [1.807, 2.05) is 24.3 Å². The molecule has 0 spiro atoms. The van der Waals surface area contributed by atoms with Gasteiger partial charge in [0, 0.05) is 23.3 Å². The zero-order valence-electron chi connectivity index (χ0n) is 14.4. The lowest BCUT2D eigenvalue weighted by atomic mass is 10.2. The van der Waals surface area contributed by atoms with Crippen molar-refractivity contribution in [1.29, 1.82) is 0 Å². The van der Waals surface area contributed by atoms with Crippen molar-refractivity contribution >= 4 is 17.7 Å². The predicted molar refractivity (Wildman–Crippen MR) is 100 cm³/mol. The van der Waals surface area contributed by atoms with Crippen molar-refractivity contribution in [3.63, 3.8) is 0 Å². The summed E-state index contributed by atoms with van der Waals surface area (Å²) < 4.78 is 24.2. The van der Waals surface area contributed by atoms with E-state index in [1.165, 1.54) is 12.1 Å². The van der Waals surface area contributed by atoms with Gasteiger partial charge in [-0.1, -0.05) is 18.2 Å². The first kappa shape index (κ1) is 18.7. The Kier molecular flexibility index (Phi) is 6.91. The summed E-state index contributed by atoms with van der Waals surface area (Å²) in [7, 11) is 0. The molecule has 4 nitrogen and oxygen atoms in total. The molecule has 26 heavy (non-hydrogen) atoms. The Labute approximate surface area is 157 Å². The number of hydrogen-bond donors (Lipinski definition) is 1. The van der Waals surface area contributed by atoms with Gasteiger partial charge in [0.25, 0.3) is 5.91 Å². The van der Waals surface area contributed by atoms with Gasteiger partial charge < -0.3 is 14.8 Å². The quantitative estimate of drug-likeness (QED) is 0.561. The first-order valence-electron chi connectivity index (χ1n) is 8.72. The highest BCUT2D eigenvalue weighted by atomic mass is 32.2. The Morgan fingerprint density at radius 2 is 2.15 bits per heavy atom. The van der Waals surface area contributed by atoms with Crippen LogP contribution in [0.25, 0.3) is 0 Å². The maximum absolute atomic E-state index is 13.1. The minimum absolute atomic E-state index is 0.136. The van der Waals surface area contributed by atoms with Gasteiger partial charge in [-0.3, -0.25) is 4.79 Å². The van der Waals surface area contributed by atoms with Crippen LogP contribution >= 0.6 is 11.8 Å². The van der Waals surface area contributed by atoms with Gasteiger partial charge in [0.15, 0.2) is 0 Å². The monoisotopic (exact) mass is 375 g/mol. The molecule has 2 aromatic rings. The van der Waals surface area contributed by atoms with Gasteiger partial charge in [0.05, 0.1) is 18.2 Å². The van der Waals surface area contributed by atoms with E-state index in [0.29, 0.717) is 17.9 Å². The molecule has 1 atom stereocenters. The van der Waals surface area contributed by atoms with Crippen LogP contribution in [-0.4, -0.2) is 37.5 Å². The molecule has 1 heterocycles. The van der Waals surface area contributed by atoms with Crippen molar-refractivity contribution in [2.45, 2.75) is 23.8 Å². The molecule has 1 amide bonds. The number of benzene rings is 2. The third kappa shape index (κ3) is 5.47. The summed E-state index contributed by atoms with van der Waals surface area (Å²) in [5.74, 6) is 0.825. The lowest BCUT2D eigenvalue weighted by Gasteiger charge is -2.12. The average Bonchev–Trinajstić information content (AvgIpc) is 3.17. The molecular weight excluding hydrogens is 353 g/mol. The Morgan fingerprint density at radius 1 is 1.27 bits per heavy atom. The highest BCUT2D eigenvalue weighted by Gasteiger charge is 2.17. The largest absolute Gasteiger partial charge is 0.492 e. The summed E-state index contributed by atoms with van der Waals surface area (Å²) in [5.41, 5.74) is 0.654. The van der Waals surface area contributed by atoms with E-state index in [4.69, 9.17) is 9.47 Å². The average molecular weight is 375 g/mol. The van der Waals surface area contributed by atoms with Crippen LogP contribution < -0.4 is 10.1 Å². The van der Waals surface area contributed by atoms with Gasteiger partial charge in [0.1, 0.15) is 18.2 Å². The number of ether oxygens (including phenoxy) is 2. The number of amides is 1.